The van der Waals surface area contributed by atoms with Gasteiger partial charge in [0.2, 0.25) is 0 Å². The van der Waals surface area contributed by atoms with Gasteiger partial charge in [0.25, 0.3) is 0 Å². The van der Waals surface area contributed by atoms with Crippen molar-refractivity contribution >= 4 is 57.4 Å². The van der Waals surface area contributed by atoms with Crippen LogP contribution in [0.5, 0.6) is 5.75 Å². The first kappa shape index (κ1) is 16.7. The lowest BCUT2D eigenvalue weighted by molar-refractivity contribution is 0.307. The van der Waals surface area contributed by atoms with Crippen molar-refractivity contribution in [2.24, 2.45) is 0 Å². The number of nitrogens with zero attached hydrogens (tertiary/aromatic N) is 1. The van der Waals surface area contributed by atoms with E-state index in [9.17, 15) is 0 Å². The fraction of sp³-hybridized carbons (Fsp3) is 0.188. The van der Waals surface area contributed by atoms with Gasteiger partial charge in [-0.15, -0.1) is 0 Å². The van der Waals surface area contributed by atoms with Gasteiger partial charge in [-0.05, 0) is 30.7 Å². The number of rotatable bonds is 4. The first-order chi connectivity index (χ1) is 10.8. The van der Waals surface area contributed by atoms with Gasteiger partial charge in [0.05, 0.1) is 16.1 Å². The van der Waals surface area contributed by atoms with Gasteiger partial charge in [-0.3, -0.25) is 0 Å². The molecule has 2 aromatic carbocycles. The molecule has 0 unspecified atom stereocenters. The van der Waals surface area contributed by atoms with Crippen LogP contribution >= 0.6 is 46.4 Å². The second kappa shape index (κ2) is 6.40. The van der Waals surface area contributed by atoms with Crippen LogP contribution < -0.4 is 4.74 Å². The molecular formula is C16H12Cl4N2O. The third kappa shape index (κ3) is 3.86. The van der Waals surface area contributed by atoms with Crippen molar-refractivity contribution in [1.29, 1.82) is 0 Å². The summed E-state index contributed by atoms with van der Waals surface area (Å²) in [4.78, 5) is 7.43. The Hall–Kier alpha value is -1.13. The van der Waals surface area contributed by atoms with Crippen LogP contribution in [0.1, 0.15) is 18.3 Å². The molecule has 0 fully saturated rings. The number of imidazole rings is 1. The van der Waals surface area contributed by atoms with Crippen molar-refractivity contribution in [3.63, 3.8) is 0 Å². The number of hydrogen-bond donors (Lipinski definition) is 1. The van der Waals surface area contributed by atoms with E-state index in [-0.39, 0.29) is 0 Å². The Morgan fingerprint density at radius 3 is 2.48 bits per heavy atom. The van der Waals surface area contributed by atoms with Crippen molar-refractivity contribution in [2.45, 2.75) is 17.9 Å². The lowest BCUT2D eigenvalue weighted by Gasteiger charge is -2.08. The van der Waals surface area contributed by atoms with Gasteiger partial charge in [0, 0.05) is 11.1 Å². The average Bonchev–Trinajstić information content (AvgIpc) is 2.89. The number of fused-ring (bicyclic) bond motifs is 1. The highest BCUT2D eigenvalue weighted by molar-refractivity contribution is 6.47. The maximum atomic E-state index is 6.26. The van der Waals surface area contributed by atoms with Gasteiger partial charge in [-0.25, -0.2) is 4.98 Å². The zero-order valence-electron chi connectivity index (χ0n) is 12.0. The van der Waals surface area contributed by atoms with E-state index < -0.39 is 4.33 Å². The Labute approximate surface area is 153 Å². The summed E-state index contributed by atoms with van der Waals surface area (Å²) in [5, 5.41) is 1.16. The van der Waals surface area contributed by atoms with E-state index in [2.05, 4.69) is 9.97 Å². The molecule has 0 aliphatic heterocycles. The fourth-order valence-corrected chi connectivity index (χ4v) is 2.59. The summed E-state index contributed by atoms with van der Waals surface area (Å²) in [6.07, 6.45) is 0. The Bertz CT molecular complexity index is 838. The van der Waals surface area contributed by atoms with Gasteiger partial charge in [0.15, 0.2) is 4.33 Å². The van der Waals surface area contributed by atoms with Crippen LogP contribution in [0.3, 0.4) is 0 Å². The zero-order valence-corrected chi connectivity index (χ0v) is 15.1. The van der Waals surface area contributed by atoms with Crippen molar-refractivity contribution in [3.05, 3.63) is 57.8 Å². The number of halogens is 4. The second-order valence-electron chi connectivity index (χ2n) is 5.19. The monoisotopic (exact) mass is 388 g/mol. The highest BCUT2D eigenvalue weighted by Gasteiger charge is 2.24. The van der Waals surface area contributed by atoms with Crippen LogP contribution in [0.2, 0.25) is 10.0 Å². The number of nitrogens with one attached hydrogen (secondary N) is 1. The number of H-pyrrole nitrogens is 1. The van der Waals surface area contributed by atoms with Crippen molar-refractivity contribution in [2.75, 3.05) is 0 Å². The Morgan fingerprint density at radius 1 is 1.13 bits per heavy atom. The molecule has 0 spiro atoms. The molecule has 1 N–H and O–H groups in total. The lowest BCUT2D eigenvalue weighted by atomic mass is 10.2. The number of hydrogen-bond acceptors (Lipinski definition) is 2. The zero-order chi connectivity index (χ0) is 16.6. The molecule has 3 nitrogen and oxygen atoms in total. The molecule has 3 rings (SSSR count). The third-order valence-electron chi connectivity index (χ3n) is 3.26. The van der Waals surface area contributed by atoms with Crippen molar-refractivity contribution < 1.29 is 4.74 Å². The van der Waals surface area contributed by atoms with Gasteiger partial charge >= 0.3 is 0 Å². The molecule has 1 aromatic heterocycles. The van der Waals surface area contributed by atoms with E-state index in [1.165, 1.54) is 0 Å². The topological polar surface area (TPSA) is 37.9 Å². The maximum Gasteiger partial charge on any atom is 0.172 e. The first-order valence-electron chi connectivity index (χ1n) is 6.78. The largest absolute Gasteiger partial charge is 0.487 e. The SMILES string of the molecule is CC(Cl)(Cl)c1nc2cc(OCc3ccc(Cl)cc3)c(Cl)cc2[nH]1. The van der Waals surface area contributed by atoms with Gasteiger partial charge < -0.3 is 9.72 Å². The number of benzene rings is 2. The Kier molecular flexibility index (Phi) is 4.65. The number of aromatic nitrogens is 2. The molecule has 0 bridgehead atoms. The van der Waals surface area contributed by atoms with E-state index >= 15 is 0 Å². The first-order valence-corrected chi connectivity index (χ1v) is 8.29. The van der Waals surface area contributed by atoms with Crippen LogP contribution in [-0.2, 0) is 10.9 Å². The van der Waals surface area contributed by atoms with Gasteiger partial charge in [-0.2, -0.15) is 0 Å². The average molecular weight is 390 g/mol. The second-order valence-corrected chi connectivity index (χ2v) is 7.74. The minimum absolute atomic E-state index is 0.377. The molecule has 7 heteroatoms. The molecule has 0 saturated carbocycles. The van der Waals surface area contributed by atoms with E-state index in [0.717, 1.165) is 11.1 Å². The van der Waals surface area contributed by atoms with Crippen molar-refractivity contribution in [1.82, 2.24) is 9.97 Å². The molecule has 120 valence electrons. The predicted octanol–water partition coefficient (Wildman–Crippen LogP) is 6.10. The maximum absolute atomic E-state index is 6.26. The molecule has 1 heterocycles. The normalized spacial score (nSPS) is 11.9. The van der Waals surface area contributed by atoms with Crippen LogP contribution in [0.15, 0.2) is 36.4 Å². The summed E-state index contributed by atoms with van der Waals surface area (Å²) in [6.45, 7) is 2.02. The molecule has 23 heavy (non-hydrogen) atoms. The van der Waals surface area contributed by atoms with Crippen LogP contribution in [0.25, 0.3) is 11.0 Å². The lowest BCUT2D eigenvalue weighted by Crippen LogP contribution is -2.05. The smallest absolute Gasteiger partial charge is 0.172 e. The number of ether oxygens (including phenoxy) is 1. The summed E-state index contributed by atoms with van der Waals surface area (Å²) in [7, 11) is 0. The highest BCUT2D eigenvalue weighted by atomic mass is 35.5. The molecular weight excluding hydrogens is 378 g/mol. The number of aromatic amines is 1. The molecule has 3 aromatic rings. The third-order valence-corrected chi connectivity index (χ3v) is 4.16. The fourth-order valence-electron chi connectivity index (χ4n) is 2.07. The molecule has 0 radical (unpaired) electrons. The molecule has 0 amide bonds. The van der Waals surface area contributed by atoms with E-state index in [1.807, 2.05) is 24.3 Å². The Morgan fingerprint density at radius 2 is 1.83 bits per heavy atom. The van der Waals surface area contributed by atoms with E-state index in [0.29, 0.717) is 33.7 Å². The van der Waals surface area contributed by atoms with Crippen LogP contribution in [-0.4, -0.2) is 9.97 Å². The summed E-state index contributed by atoms with van der Waals surface area (Å²) >= 11 is 24.2. The van der Waals surface area contributed by atoms with Crippen LogP contribution in [0, 0.1) is 0 Å². The highest BCUT2D eigenvalue weighted by Crippen LogP contribution is 2.35. The molecule has 0 aliphatic carbocycles. The summed E-state index contributed by atoms with van der Waals surface area (Å²) in [5.41, 5.74) is 2.42. The standard InChI is InChI=1S/C16H12Cl4N2O/c1-16(19,20)15-21-12-6-11(18)14(7-13(12)22-15)23-8-9-2-4-10(17)5-3-9/h2-7H,8H2,1H3,(H,21,22). The predicted molar refractivity (Wildman–Crippen MR) is 95.9 cm³/mol. The van der Waals surface area contributed by atoms with Crippen molar-refractivity contribution in [3.8, 4) is 5.75 Å². The van der Waals surface area contributed by atoms with E-state index in [1.54, 1.807) is 19.1 Å². The number of alkyl halides is 2. The molecule has 0 saturated heterocycles. The van der Waals surface area contributed by atoms with Gasteiger partial charge in [0.1, 0.15) is 18.2 Å². The summed E-state index contributed by atoms with van der Waals surface area (Å²) in [6, 6.07) is 10.9. The van der Waals surface area contributed by atoms with Crippen LogP contribution in [0.4, 0.5) is 0 Å². The quantitative estimate of drug-likeness (QED) is 0.547. The van der Waals surface area contributed by atoms with E-state index in [4.69, 9.17) is 51.1 Å². The molecule has 0 aliphatic rings. The van der Waals surface area contributed by atoms with Gasteiger partial charge in [-0.1, -0.05) is 58.5 Å². The molecule has 0 atom stereocenters. The summed E-state index contributed by atoms with van der Waals surface area (Å²) < 4.78 is 4.67. The summed E-state index contributed by atoms with van der Waals surface area (Å²) in [5.74, 6) is 1.000. The Balaban J connectivity index is 1.85. The minimum atomic E-state index is -1.10. The minimum Gasteiger partial charge on any atom is -0.487 e.